The van der Waals surface area contributed by atoms with Crippen molar-refractivity contribution in [1.82, 2.24) is 14.5 Å². The van der Waals surface area contributed by atoms with Crippen molar-refractivity contribution in [3.63, 3.8) is 0 Å². The highest BCUT2D eigenvalue weighted by Crippen LogP contribution is 2.26. The number of aryl methyl sites for hydroxylation is 2. The number of imidazole rings is 1. The molecule has 0 N–H and O–H groups in total. The van der Waals surface area contributed by atoms with Gasteiger partial charge in [0.1, 0.15) is 11.6 Å². The van der Waals surface area contributed by atoms with E-state index in [-0.39, 0.29) is 11.2 Å². The molecule has 0 aliphatic rings. The fourth-order valence-corrected chi connectivity index (χ4v) is 2.52. The molecule has 3 nitrogen and oxygen atoms in total. The Balaban J connectivity index is 2.42. The van der Waals surface area contributed by atoms with Gasteiger partial charge in [0.15, 0.2) is 0 Å². The molecule has 0 aliphatic carbocycles. The van der Waals surface area contributed by atoms with Crippen molar-refractivity contribution in [1.29, 1.82) is 0 Å². The Labute approximate surface area is 124 Å². The first kappa shape index (κ1) is 15.3. The van der Waals surface area contributed by atoms with Crippen LogP contribution in [0.4, 0.5) is 4.39 Å². The molecule has 0 saturated carbocycles. The second kappa shape index (κ2) is 6.10. The normalized spacial score (nSPS) is 13.3. The van der Waals surface area contributed by atoms with Crippen molar-refractivity contribution in [2.75, 3.05) is 20.6 Å². The van der Waals surface area contributed by atoms with Gasteiger partial charge in [-0.3, -0.25) is 0 Å². The maximum atomic E-state index is 13.7. The molecule has 2 aromatic rings. The molecule has 1 heterocycles. The largest absolute Gasteiger partial charge is 0.327 e. The van der Waals surface area contributed by atoms with Gasteiger partial charge in [0.05, 0.1) is 16.4 Å². The van der Waals surface area contributed by atoms with Crippen LogP contribution in [-0.4, -0.2) is 35.1 Å². The zero-order valence-electron chi connectivity index (χ0n) is 12.5. The standard InChI is InChI=1S/C15H21ClFN3/c1-10-8-14-13(9-12(10)17)18-15(11(2)16)20(14)7-5-6-19(3)4/h8-9,11H,5-7H2,1-4H3. The number of hydrogen-bond acceptors (Lipinski definition) is 2. The summed E-state index contributed by atoms with van der Waals surface area (Å²) in [4.78, 5) is 6.64. The third-order valence-electron chi connectivity index (χ3n) is 3.40. The average molecular weight is 298 g/mol. The van der Waals surface area contributed by atoms with Gasteiger partial charge in [-0.25, -0.2) is 9.37 Å². The number of hydrogen-bond donors (Lipinski definition) is 0. The quantitative estimate of drug-likeness (QED) is 0.784. The molecule has 1 aromatic heterocycles. The van der Waals surface area contributed by atoms with E-state index in [1.165, 1.54) is 6.07 Å². The fraction of sp³-hybridized carbons (Fsp3) is 0.533. The smallest absolute Gasteiger partial charge is 0.128 e. The monoisotopic (exact) mass is 297 g/mol. The Morgan fingerprint density at radius 1 is 1.40 bits per heavy atom. The minimum absolute atomic E-state index is 0.190. The highest BCUT2D eigenvalue weighted by molar-refractivity contribution is 6.20. The van der Waals surface area contributed by atoms with E-state index >= 15 is 0 Å². The van der Waals surface area contributed by atoms with E-state index in [4.69, 9.17) is 11.6 Å². The number of aromatic nitrogens is 2. The summed E-state index contributed by atoms with van der Waals surface area (Å²) in [5, 5.41) is -0.190. The summed E-state index contributed by atoms with van der Waals surface area (Å²) in [5.74, 6) is 0.592. The number of nitrogens with zero attached hydrogens (tertiary/aromatic N) is 3. The molecule has 110 valence electrons. The van der Waals surface area contributed by atoms with Crippen LogP contribution in [0.5, 0.6) is 0 Å². The first-order valence-corrected chi connectivity index (χ1v) is 7.29. The number of rotatable bonds is 5. The summed E-state index contributed by atoms with van der Waals surface area (Å²) in [6.45, 7) is 5.51. The predicted molar refractivity (Wildman–Crippen MR) is 81.9 cm³/mol. The van der Waals surface area contributed by atoms with Crippen LogP contribution >= 0.6 is 11.6 Å². The van der Waals surface area contributed by atoms with Crippen molar-refractivity contribution in [3.8, 4) is 0 Å². The molecule has 1 unspecified atom stereocenters. The zero-order chi connectivity index (χ0) is 14.9. The summed E-state index contributed by atoms with van der Waals surface area (Å²) >= 11 is 6.21. The van der Waals surface area contributed by atoms with E-state index in [0.29, 0.717) is 11.1 Å². The lowest BCUT2D eigenvalue weighted by atomic mass is 10.2. The molecule has 1 aromatic carbocycles. The summed E-state index contributed by atoms with van der Waals surface area (Å²) in [6.07, 6.45) is 1.01. The molecule has 0 aliphatic heterocycles. The maximum Gasteiger partial charge on any atom is 0.128 e. The van der Waals surface area contributed by atoms with Gasteiger partial charge in [-0.2, -0.15) is 0 Å². The van der Waals surface area contributed by atoms with Crippen LogP contribution in [0.1, 0.15) is 30.1 Å². The average Bonchev–Trinajstić information content (AvgIpc) is 2.68. The van der Waals surface area contributed by atoms with Crippen molar-refractivity contribution in [2.24, 2.45) is 0 Å². The van der Waals surface area contributed by atoms with E-state index in [1.54, 1.807) is 6.92 Å². The van der Waals surface area contributed by atoms with E-state index in [9.17, 15) is 4.39 Å². The molecule has 0 radical (unpaired) electrons. The number of halogens is 2. The molecule has 0 fully saturated rings. The van der Waals surface area contributed by atoms with Gasteiger partial charge in [-0.1, -0.05) is 0 Å². The van der Waals surface area contributed by atoms with Crippen LogP contribution in [0.2, 0.25) is 0 Å². The molecule has 0 spiro atoms. The van der Waals surface area contributed by atoms with Crippen LogP contribution in [0.25, 0.3) is 11.0 Å². The maximum absolute atomic E-state index is 13.7. The van der Waals surface area contributed by atoms with E-state index in [0.717, 1.165) is 30.9 Å². The van der Waals surface area contributed by atoms with E-state index in [1.807, 2.05) is 13.0 Å². The highest BCUT2D eigenvalue weighted by Gasteiger charge is 2.16. The Morgan fingerprint density at radius 3 is 2.70 bits per heavy atom. The number of fused-ring (bicyclic) bond motifs is 1. The Kier molecular flexibility index (Phi) is 4.66. The van der Waals surface area contributed by atoms with Crippen LogP contribution in [0.15, 0.2) is 12.1 Å². The van der Waals surface area contributed by atoms with E-state index in [2.05, 4.69) is 28.5 Å². The van der Waals surface area contributed by atoms with Crippen LogP contribution in [0.3, 0.4) is 0 Å². The van der Waals surface area contributed by atoms with Gasteiger partial charge in [-0.15, -0.1) is 11.6 Å². The summed E-state index contributed by atoms with van der Waals surface area (Å²) in [6, 6.07) is 3.35. The van der Waals surface area contributed by atoms with Crippen molar-refractivity contribution >= 4 is 22.6 Å². The number of benzene rings is 1. The Morgan fingerprint density at radius 2 is 2.10 bits per heavy atom. The van der Waals surface area contributed by atoms with Crippen molar-refractivity contribution in [3.05, 3.63) is 29.3 Å². The summed E-state index contributed by atoms with van der Waals surface area (Å²) in [7, 11) is 4.10. The van der Waals surface area contributed by atoms with Gasteiger partial charge in [0.25, 0.3) is 0 Å². The lowest BCUT2D eigenvalue weighted by molar-refractivity contribution is 0.386. The molecule has 5 heteroatoms. The van der Waals surface area contributed by atoms with Crippen LogP contribution < -0.4 is 0 Å². The first-order valence-electron chi connectivity index (χ1n) is 6.85. The molecule has 20 heavy (non-hydrogen) atoms. The van der Waals surface area contributed by atoms with Gasteiger partial charge < -0.3 is 9.47 Å². The SMILES string of the molecule is Cc1cc2c(cc1F)nc(C(C)Cl)n2CCCN(C)C. The molecular formula is C15H21ClFN3. The predicted octanol–water partition coefficient (Wildman–Crippen LogP) is 3.74. The lowest BCUT2D eigenvalue weighted by Gasteiger charge is -2.13. The summed E-state index contributed by atoms with van der Waals surface area (Å²) < 4.78 is 15.8. The van der Waals surface area contributed by atoms with Gasteiger partial charge in [-0.05, 0) is 52.5 Å². The minimum Gasteiger partial charge on any atom is -0.327 e. The van der Waals surface area contributed by atoms with Gasteiger partial charge >= 0.3 is 0 Å². The Bertz CT molecular complexity index is 605. The second-order valence-electron chi connectivity index (χ2n) is 5.48. The molecular weight excluding hydrogens is 277 g/mol. The van der Waals surface area contributed by atoms with E-state index < -0.39 is 0 Å². The lowest BCUT2D eigenvalue weighted by Crippen LogP contribution is -2.16. The first-order chi connectivity index (χ1) is 9.40. The van der Waals surface area contributed by atoms with Gasteiger partial charge in [0.2, 0.25) is 0 Å². The molecule has 0 saturated heterocycles. The fourth-order valence-electron chi connectivity index (χ4n) is 2.35. The third-order valence-corrected chi connectivity index (χ3v) is 3.60. The van der Waals surface area contributed by atoms with Gasteiger partial charge in [0, 0.05) is 12.6 Å². The second-order valence-corrected chi connectivity index (χ2v) is 6.14. The molecule has 2 rings (SSSR count). The van der Waals surface area contributed by atoms with Crippen LogP contribution in [-0.2, 0) is 6.54 Å². The molecule has 0 amide bonds. The third kappa shape index (κ3) is 3.13. The molecule has 1 atom stereocenters. The Hall–Kier alpha value is -1.13. The molecule has 0 bridgehead atoms. The highest BCUT2D eigenvalue weighted by atomic mass is 35.5. The van der Waals surface area contributed by atoms with Crippen molar-refractivity contribution < 1.29 is 4.39 Å². The number of alkyl halides is 1. The topological polar surface area (TPSA) is 21.1 Å². The minimum atomic E-state index is -0.218. The summed E-state index contributed by atoms with van der Waals surface area (Å²) in [5.41, 5.74) is 2.28. The zero-order valence-corrected chi connectivity index (χ0v) is 13.2. The van der Waals surface area contributed by atoms with Crippen molar-refractivity contribution in [2.45, 2.75) is 32.2 Å². The van der Waals surface area contributed by atoms with Crippen LogP contribution in [0, 0.1) is 12.7 Å².